The maximum absolute atomic E-state index is 12.4. The first-order valence-electron chi connectivity index (χ1n) is 8.03. The SMILES string of the molecule is COC(=O)c1ccc(OCC(=O)c2ccc3cc(OC)ccc3c2)cc1. The van der Waals surface area contributed by atoms with Crippen molar-refractivity contribution in [1.82, 2.24) is 0 Å². The first-order valence-corrected chi connectivity index (χ1v) is 8.03. The van der Waals surface area contributed by atoms with E-state index in [1.165, 1.54) is 7.11 Å². The van der Waals surface area contributed by atoms with E-state index in [4.69, 9.17) is 9.47 Å². The van der Waals surface area contributed by atoms with Gasteiger partial charge in [0.2, 0.25) is 0 Å². The fourth-order valence-electron chi connectivity index (χ4n) is 2.56. The number of Topliss-reactive ketones (excluding diaryl/α,β-unsaturated/α-hetero) is 1. The maximum Gasteiger partial charge on any atom is 0.337 e. The zero-order valence-corrected chi connectivity index (χ0v) is 14.5. The summed E-state index contributed by atoms with van der Waals surface area (Å²) in [4.78, 5) is 23.8. The lowest BCUT2D eigenvalue weighted by atomic mass is 10.0. The third-order valence-electron chi connectivity index (χ3n) is 4.01. The molecule has 0 heterocycles. The second kappa shape index (κ2) is 7.70. The Kier molecular flexibility index (Phi) is 5.17. The lowest BCUT2D eigenvalue weighted by Gasteiger charge is -2.08. The standard InChI is InChI=1S/C21H18O5/c1-24-19-10-7-15-11-17(4-3-16(15)12-19)20(22)13-26-18-8-5-14(6-9-18)21(23)25-2/h3-12H,13H2,1-2H3. The molecule has 0 aliphatic rings. The van der Waals surface area contributed by atoms with Gasteiger partial charge >= 0.3 is 5.97 Å². The Morgan fingerprint density at radius 2 is 1.38 bits per heavy atom. The van der Waals surface area contributed by atoms with Crippen molar-refractivity contribution in [3.8, 4) is 11.5 Å². The highest BCUT2D eigenvalue weighted by Gasteiger charge is 2.09. The molecule has 0 atom stereocenters. The molecule has 0 saturated heterocycles. The molecule has 26 heavy (non-hydrogen) atoms. The summed E-state index contributed by atoms with van der Waals surface area (Å²) in [6.45, 7) is -0.0841. The molecule has 0 bridgehead atoms. The van der Waals surface area contributed by atoms with Crippen LogP contribution in [0.5, 0.6) is 11.5 Å². The average Bonchev–Trinajstić information content (AvgIpc) is 2.70. The number of carbonyl (C=O) groups is 2. The highest BCUT2D eigenvalue weighted by atomic mass is 16.5. The summed E-state index contributed by atoms with van der Waals surface area (Å²) in [5, 5.41) is 1.96. The Bertz CT molecular complexity index is 944. The van der Waals surface area contributed by atoms with Gasteiger partial charge in [-0.2, -0.15) is 0 Å². The number of carbonyl (C=O) groups excluding carboxylic acids is 2. The van der Waals surface area contributed by atoms with E-state index in [9.17, 15) is 9.59 Å². The van der Waals surface area contributed by atoms with Crippen LogP contribution < -0.4 is 9.47 Å². The fraction of sp³-hybridized carbons (Fsp3) is 0.143. The van der Waals surface area contributed by atoms with Gasteiger partial charge in [0.1, 0.15) is 11.5 Å². The molecule has 5 heteroatoms. The lowest BCUT2D eigenvalue weighted by Crippen LogP contribution is -2.11. The van der Waals surface area contributed by atoms with Crippen LogP contribution in [0.25, 0.3) is 10.8 Å². The van der Waals surface area contributed by atoms with Gasteiger partial charge in [0.05, 0.1) is 19.8 Å². The van der Waals surface area contributed by atoms with E-state index in [1.54, 1.807) is 37.4 Å². The van der Waals surface area contributed by atoms with E-state index in [1.807, 2.05) is 30.3 Å². The van der Waals surface area contributed by atoms with E-state index < -0.39 is 5.97 Å². The summed E-state index contributed by atoms with van der Waals surface area (Å²) in [5.74, 6) is 0.743. The monoisotopic (exact) mass is 350 g/mol. The predicted molar refractivity (Wildman–Crippen MR) is 98.1 cm³/mol. The quantitative estimate of drug-likeness (QED) is 0.498. The zero-order chi connectivity index (χ0) is 18.5. The summed E-state index contributed by atoms with van der Waals surface area (Å²) >= 11 is 0. The molecule has 5 nitrogen and oxygen atoms in total. The van der Waals surface area contributed by atoms with Crippen LogP contribution in [0.4, 0.5) is 0 Å². The van der Waals surface area contributed by atoms with Crippen molar-refractivity contribution < 1.29 is 23.8 Å². The van der Waals surface area contributed by atoms with Gasteiger partial charge < -0.3 is 14.2 Å². The highest BCUT2D eigenvalue weighted by Crippen LogP contribution is 2.22. The number of hydrogen-bond acceptors (Lipinski definition) is 5. The molecule has 3 aromatic rings. The number of hydrogen-bond donors (Lipinski definition) is 0. The molecule has 0 spiro atoms. The minimum absolute atomic E-state index is 0.0841. The number of ketones is 1. The van der Waals surface area contributed by atoms with Gasteiger partial charge in [-0.05, 0) is 53.2 Å². The first kappa shape index (κ1) is 17.5. The van der Waals surface area contributed by atoms with Crippen molar-refractivity contribution in [3.63, 3.8) is 0 Å². The topological polar surface area (TPSA) is 61.8 Å². The Labute approximate surface area is 151 Å². The molecule has 0 fully saturated rings. The summed E-state index contributed by atoms with van der Waals surface area (Å²) in [6.07, 6.45) is 0. The van der Waals surface area contributed by atoms with Gasteiger partial charge in [0.25, 0.3) is 0 Å². The van der Waals surface area contributed by atoms with E-state index in [-0.39, 0.29) is 12.4 Å². The molecular formula is C21H18O5. The molecule has 0 unspecified atom stereocenters. The fourth-order valence-corrected chi connectivity index (χ4v) is 2.56. The highest BCUT2D eigenvalue weighted by molar-refractivity contribution is 6.01. The van der Waals surface area contributed by atoms with Crippen LogP contribution in [-0.4, -0.2) is 32.6 Å². The van der Waals surface area contributed by atoms with E-state index in [0.717, 1.165) is 16.5 Å². The van der Waals surface area contributed by atoms with Crippen molar-refractivity contribution in [2.45, 2.75) is 0 Å². The molecule has 0 aliphatic heterocycles. The number of fused-ring (bicyclic) bond motifs is 1. The van der Waals surface area contributed by atoms with Gasteiger partial charge in [-0.25, -0.2) is 4.79 Å². The molecule has 132 valence electrons. The van der Waals surface area contributed by atoms with Crippen LogP contribution >= 0.6 is 0 Å². The molecule has 0 aliphatic carbocycles. The normalized spacial score (nSPS) is 10.4. The van der Waals surface area contributed by atoms with Crippen molar-refractivity contribution in [1.29, 1.82) is 0 Å². The Balaban J connectivity index is 1.68. The molecule has 0 amide bonds. The lowest BCUT2D eigenvalue weighted by molar-refractivity contribution is 0.0600. The molecule has 0 radical (unpaired) electrons. The van der Waals surface area contributed by atoms with Crippen LogP contribution in [0.15, 0.2) is 60.7 Å². The summed E-state index contributed by atoms with van der Waals surface area (Å²) in [5.41, 5.74) is 1.00. The minimum Gasteiger partial charge on any atom is -0.497 e. The van der Waals surface area contributed by atoms with Crippen molar-refractivity contribution >= 4 is 22.5 Å². The molecule has 0 saturated carbocycles. The number of ether oxygens (including phenoxy) is 3. The first-order chi connectivity index (χ1) is 12.6. The molecule has 0 N–H and O–H groups in total. The van der Waals surface area contributed by atoms with Crippen molar-refractivity contribution in [2.75, 3.05) is 20.8 Å². The number of esters is 1. The van der Waals surface area contributed by atoms with Crippen molar-refractivity contribution in [2.24, 2.45) is 0 Å². The zero-order valence-electron chi connectivity index (χ0n) is 14.5. The summed E-state index contributed by atoms with van der Waals surface area (Å²) in [7, 11) is 2.94. The minimum atomic E-state index is -0.416. The van der Waals surface area contributed by atoms with Crippen molar-refractivity contribution in [3.05, 3.63) is 71.8 Å². The third kappa shape index (κ3) is 3.83. The molecule has 3 rings (SSSR count). The Morgan fingerprint density at radius 3 is 2.08 bits per heavy atom. The number of methoxy groups -OCH3 is 2. The van der Waals surface area contributed by atoms with Gasteiger partial charge in [-0.3, -0.25) is 4.79 Å². The third-order valence-corrected chi connectivity index (χ3v) is 4.01. The second-order valence-corrected chi connectivity index (χ2v) is 5.66. The maximum atomic E-state index is 12.4. The van der Waals surface area contributed by atoms with Gasteiger partial charge in [0.15, 0.2) is 12.4 Å². The summed E-state index contributed by atoms with van der Waals surface area (Å²) in [6, 6.07) is 17.6. The average molecular weight is 350 g/mol. The van der Waals surface area contributed by atoms with E-state index in [0.29, 0.717) is 16.9 Å². The van der Waals surface area contributed by atoms with Gasteiger partial charge in [0, 0.05) is 5.56 Å². The number of benzene rings is 3. The van der Waals surface area contributed by atoms with Crippen LogP contribution in [-0.2, 0) is 4.74 Å². The molecular weight excluding hydrogens is 332 g/mol. The largest absolute Gasteiger partial charge is 0.497 e. The van der Waals surface area contributed by atoms with E-state index in [2.05, 4.69) is 4.74 Å². The van der Waals surface area contributed by atoms with Crippen LogP contribution in [0.2, 0.25) is 0 Å². The van der Waals surface area contributed by atoms with Crippen LogP contribution in [0.1, 0.15) is 20.7 Å². The van der Waals surface area contributed by atoms with Gasteiger partial charge in [-0.1, -0.05) is 18.2 Å². The Hall–Kier alpha value is -3.34. The number of rotatable bonds is 6. The summed E-state index contributed by atoms with van der Waals surface area (Å²) < 4.78 is 15.4. The van der Waals surface area contributed by atoms with E-state index >= 15 is 0 Å². The Morgan fingerprint density at radius 1 is 0.769 bits per heavy atom. The molecule has 0 aromatic heterocycles. The second-order valence-electron chi connectivity index (χ2n) is 5.66. The van der Waals surface area contributed by atoms with Gasteiger partial charge in [-0.15, -0.1) is 0 Å². The molecule has 3 aromatic carbocycles. The smallest absolute Gasteiger partial charge is 0.337 e. The van der Waals surface area contributed by atoms with Crippen LogP contribution in [0, 0.1) is 0 Å². The van der Waals surface area contributed by atoms with Crippen LogP contribution in [0.3, 0.4) is 0 Å². The predicted octanol–water partition coefficient (Wildman–Crippen LogP) is 3.90.